The molecule has 226 valence electrons. The van der Waals surface area contributed by atoms with Crippen LogP contribution in [0.1, 0.15) is 70.6 Å². The van der Waals surface area contributed by atoms with Gasteiger partial charge < -0.3 is 20.9 Å². The van der Waals surface area contributed by atoms with Gasteiger partial charge in [0.05, 0.1) is 17.6 Å². The molecule has 0 spiro atoms. The van der Waals surface area contributed by atoms with Crippen LogP contribution in [0.15, 0.2) is 0 Å². The first-order valence-electron chi connectivity index (χ1n) is 15.0. The van der Waals surface area contributed by atoms with Crippen molar-refractivity contribution < 1.29 is 32.3 Å². The van der Waals surface area contributed by atoms with E-state index in [1.807, 2.05) is 6.07 Å². The fraction of sp³-hybridized carbons (Fsp3) is 0.793. The zero-order valence-corrected chi connectivity index (χ0v) is 23.2. The Morgan fingerprint density at radius 1 is 1.05 bits per heavy atom. The summed E-state index contributed by atoms with van der Waals surface area (Å²) in [6.45, 7) is 0.492. The molecule has 7 rings (SSSR count). The van der Waals surface area contributed by atoms with Crippen LogP contribution in [0.2, 0.25) is 0 Å². The third-order valence-electron chi connectivity index (χ3n) is 11.0. The Balaban J connectivity index is 1.29. The quantitative estimate of drug-likeness (QED) is 0.414. The van der Waals surface area contributed by atoms with Crippen molar-refractivity contribution in [1.82, 2.24) is 20.9 Å². The van der Waals surface area contributed by atoms with E-state index < -0.39 is 58.8 Å². The number of carbonyl (C=O) groups excluding carboxylic acids is 4. The molecule has 7 fully saturated rings. The Bertz CT molecular complexity index is 1260. The lowest BCUT2D eigenvalue weighted by molar-refractivity contribution is -0.180. The molecule has 13 heteroatoms. The summed E-state index contributed by atoms with van der Waals surface area (Å²) >= 11 is 0. The summed E-state index contributed by atoms with van der Waals surface area (Å²) in [5.41, 5.74) is -1.75. The number of amides is 4. The highest BCUT2D eigenvalue weighted by molar-refractivity contribution is 5.95. The third-order valence-corrected chi connectivity index (χ3v) is 11.0. The number of carbonyl (C=O) groups is 4. The first-order chi connectivity index (χ1) is 19.9. The normalized spacial score (nSPS) is 39.3. The van der Waals surface area contributed by atoms with Crippen molar-refractivity contribution >= 4 is 23.6 Å². The SMILES string of the molecule is N#C[C@H](C[C@@H]1CCNC1=O)NC(=O)[C@@H]1[C@H]2CC[C@H](C2)N1C(=O)[C@@H](NC(=O)C(F)(F)F)C12CC3CC(CC(C#N)(C3)C1)C2. The lowest BCUT2D eigenvalue weighted by Gasteiger charge is -2.62. The van der Waals surface area contributed by atoms with E-state index >= 15 is 0 Å². The molecule has 2 heterocycles. The van der Waals surface area contributed by atoms with E-state index in [1.54, 1.807) is 0 Å². The second-order valence-corrected chi connectivity index (χ2v) is 13.7. The number of nitrogens with zero attached hydrogens (tertiary/aromatic N) is 3. The molecule has 0 aromatic rings. The number of fused-ring (bicyclic) bond motifs is 2. The minimum Gasteiger partial charge on any atom is -0.356 e. The number of rotatable bonds is 7. The van der Waals surface area contributed by atoms with Gasteiger partial charge in [-0.05, 0) is 88.4 Å². The van der Waals surface area contributed by atoms with Crippen LogP contribution in [0.5, 0.6) is 0 Å². The highest BCUT2D eigenvalue weighted by atomic mass is 19.4. The Kier molecular flexibility index (Phi) is 6.94. The molecule has 0 radical (unpaired) electrons. The zero-order chi connectivity index (χ0) is 30.0. The lowest BCUT2D eigenvalue weighted by Crippen LogP contribution is -2.67. The van der Waals surface area contributed by atoms with E-state index in [4.69, 9.17) is 0 Å². The third kappa shape index (κ3) is 4.79. The Morgan fingerprint density at radius 3 is 2.36 bits per heavy atom. The van der Waals surface area contributed by atoms with Crippen LogP contribution in [0, 0.1) is 57.2 Å². The predicted octanol–water partition coefficient (Wildman–Crippen LogP) is 2.06. The van der Waals surface area contributed by atoms with Gasteiger partial charge in [0.25, 0.3) is 0 Å². The molecule has 2 aliphatic heterocycles. The van der Waals surface area contributed by atoms with Gasteiger partial charge in [0.1, 0.15) is 18.1 Å². The lowest BCUT2D eigenvalue weighted by atomic mass is 9.43. The highest BCUT2D eigenvalue weighted by Crippen LogP contribution is 2.66. The average Bonchev–Trinajstić information content (AvgIpc) is 3.66. The summed E-state index contributed by atoms with van der Waals surface area (Å²) < 4.78 is 40.7. The molecule has 7 aliphatic rings. The van der Waals surface area contributed by atoms with E-state index in [-0.39, 0.29) is 42.5 Å². The topological polar surface area (TPSA) is 155 Å². The van der Waals surface area contributed by atoms with Crippen LogP contribution in [-0.2, 0) is 19.2 Å². The smallest absolute Gasteiger partial charge is 0.356 e. The van der Waals surface area contributed by atoms with Crippen LogP contribution in [-0.4, -0.2) is 65.4 Å². The fourth-order valence-corrected chi connectivity index (χ4v) is 9.84. The summed E-state index contributed by atoms with van der Waals surface area (Å²) in [5.74, 6) is -4.14. The van der Waals surface area contributed by atoms with Crippen molar-refractivity contribution in [3.8, 4) is 12.1 Å². The Hall–Kier alpha value is -3.35. The van der Waals surface area contributed by atoms with Gasteiger partial charge in [-0.2, -0.15) is 23.7 Å². The summed E-state index contributed by atoms with van der Waals surface area (Å²) in [7, 11) is 0. The molecule has 2 saturated heterocycles. The van der Waals surface area contributed by atoms with E-state index in [1.165, 1.54) is 4.90 Å². The average molecular weight is 589 g/mol. The molecule has 6 bridgehead atoms. The van der Waals surface area contributed by atoms with Crippen molar-refractivity contribution in [3.63, 3.8) is 0 Å². The molecule has 4 amide bonds. The molecule has 0 aromatic carbocycles. The number of alkyl halides is 3. The first-order valence-corrected chi connectivity index (χ1v) is 15.0. The van der Waals surface area contributed by atoms with Crippen molar-refractivity contribution in [2.24, 2.45) is 34.5 Å². The maximum absolute atomic E-state index is 14.5. The van der Waals surface area contributed by atoms with Crippen LogP contribution >= 0.6 is 0 Å². The predicted molar refractivity (Wildman–Crippen MR) is 138 cm³/mol. The van der Waals surface area contributed by atoms with Crippen molar-refractivity contribution in [2.75, 3.05) is 6.54 Å². The standard InChI is InChI=1S/C29H35F3N6O4/c30-29(31,32)26(42)37-22(28-10-15-5-16(11-28)9-27(8-15,13-28)14-34)25(41)38-20-2-1-17(7-20)21(38)24(40)36-19(12-33)6-18-3-4-35-23(18)39/h15-22H,1-11,13H2,(H,35,39)(H,36,40)(H,37,42)/t15?,16?,17-,18-,19-,20+,21-,22+,27?,28?/m0/s1. The van der Waals surface area contributed by atoms with Gasteiger partial charge in [-0.15, -0.1) is 0 Å². The summed E-state index contributed by atoms with van der Waals surface area (Å²) in [4.78, 5) is 53.9. The van der Waals surface area contributed by atoms with Crippen molar-refractivity contribution in [1.29, 1.82) is 10.5 Å². The van der Waals surface area contributed by atoms with Gasteiger partial charge in [-0.25, -0.2) is 0 Å². The summed E-state index contributed by atoms with van der Waals surface area (Å²) in [5, 5.41) is 27.3. The second kappa shape index (κ2) is 10.1. The van der Waals surface area contributed by atoms with Gasteiger partial charge >= 0.3 is 12.1 Å². The maximum Gasteiger partial charge on any atom is 0.471 e. The second-order valence-electron chi connectivity index (χ2n) is 13.7. The van der Waals surface area contributed by atoms with Gasteiger partial charge in [0.15, 0.2) is 0 Å². The number of likely N-dealkylation sites (tertiary alicyclic amines) is 1. The minimum atomic E-state index is -5.21. The fourth-order valence-electron chi connectivity index (χ4n) is 9.84. The molecule has 2 unspecified atom stereocenters. The van der Waals surface area contributed by atoms with Crippen LogP contribution in [0.25, 0.3) is 0 Å². The molecule has 42 heavy (non-hydrogen) atoms. The Morgan fingerprint density at radius 2 is 1.76 bits per heavy atom. The van der Waals surface area contributed by atoms with Crippen LogP contribution < -0.4 is 16.0 Å². The van der Waals surface area contributed by atoms with E-state index in [9.17, 15) is 42.9 Å². The van der Waals surface area contributed by atoms with Crippen LogP contribution in [0.3, 0.4) is 0 Å². The number of nitriles is 2. The molecule has 5 saturated carbocycles. The van der Waals surface area contributed by atoms with Gasteiger partial charge in [0.2, 0.25) is 17.7 Å². The van der Waals surface area contributed by atoms with Gasteiger partial charge in [-0.3, -0.25) is 19.2 Å². The van der Waals surface area contributed by atoms with Crippen molar-refractivity contribution in [2.45, 2.75) is 101 Å². The molecule has 10 nitrogen and oxygen atoms in total. The van der Waals surface area contributed by atoms with Gasteiger partial charge in [0, 0.05) is 23.9 Å². The Labute approximate surface area is 241 Å². The number of hydrogen-bond donors (Lipinski definition) is 3. The summed E-state index contributed by atoms with van der Waals surface area (Å²) in [6, 6.07) is 0.588. The molecule has 3 N–H and O–H groups in total. The number of nitrogens with one attached hydrogen (secondary N) is 3. The van der Waals surface area contributed by atoms with Crippen molar-refractivity contribution in [3.05, 3.63) is 0 Å². The highest BCUT2D eigenvalue weighted by Gasteiger charge is 2.64. The number of piperidine rings is 1. The zero-order valence-electron chi connectivity index (χ0n) is 23.2. The molecular formula is C29H35F3N6O4. The van der Waals surface area contributed by atoms with Crippen LogP contribution in [0.4, 0.5) is 13.2 Å². The molecular weight excluding hydrogens is 553 g/mol. The van der Waals surface area contributed by atoms with E-state index in [0.717, 1.165) is 6.42 Å². The molecule has 8 atom stereocenters. The van der Waals surface area contributed by atoms with E-state index in [0.29, 0.717) is 57.9 Å². The van der Waals surface area contributed by atoms with E-state index in [2.05, 4.69) is 22.0 Å². The number of halogens is 3. The first kappa shape index (κ1) is 28.8. The number of hydrogen-bond acceptors (Lipinski definition) is 6. The molecule has 5 aliphatic carbocycles. The maximum atomic E-state index is 14.5. The monoisotopic (exact) mass is 588 g/mol. The van der Waals surface area contributed by atoms with Gasteiger partial charge in [-0.1, -0.05) is 0 Å². The molecule has 0 aromatic heterocycles. The largest absolute Gasteiger partial charge is 0.471 e. The summed E-state index contributed by atoms with van der Waals surface area (Å²) in [6.07, 6.45) is 0.465. The minimum absolute atomic E-state index is 0.0855.